The van der Waals surface area contributed by atoms with E-state index in [1.54, 1.807) is 44.2 Å². The molecule has 2 amide bonds. The molecule has 0 saturated carbocycles. The number of nitriles is 1. The lowest BCUT2D eigenvalue weighted by atomic mass is 10.0. The number of nitrogens with zero attached hydrogens (tertiary/aromatic N) is 2. The van der Waals surface area contributed by atoms with E-state index in [0.29, 0.717) is 5.69 Å². The van der Waals surface area contributed by atoms with Crippen LogP contribution in [0.3, 0.4) is 0 Å². The maximum atomic E-state index is 13.9. The molecule has 0 fully saturated rings. The number of ether oxygens (including phenoxy) is 1. The van der Waals surface area contributed by atoms with Crippen molar-refractivity contribution in [3.8, 4) is 6.07 Å². The number of carbonyl (C=O) groups is 3. The van der Waals surface area contributed by atoms with E-state index in [1.807, 2.05) is 6.07 Å². The van der Waals surface area contributed by atoms with Crippen LogP contribution in [0.2, 0.25) is 0 Å². The highest BCUT2D eigenvalue weighted by Gasteiger charge is 2.29. The van der Waals surface area contributed by atoms with Crippen molar-refractivity contribution in [1.82, 2.24) is 5.32 Å². The summed E-state index contributed by atoms with van der Waals surface area (Å²) in [5, 5.41) is 11.1. The van der Waals surface area contributed by atoms with Crippen LogP contribution in [0, 0.1) is 28.9 Å². The molecule has 0 bridgehead atoms. The number of anilines is 1. The monoisotopic (exact) mass is 443 g/mol. The minimum Gasteiger partial charge on any atom is -0.454 e. The molecule has 32 heavy (non-hydrogen) atoms. The van der Waals surface area contributed by atoms with E-state index in [-0.39, 0.29) is 13.0 Å². The van der Waals surface area contributed by atoms with E-state index in [1.165, 1.54) is 4.90 Å². The Hall–Kier alpha value is -3.80. The first-order valence-electron chi connectivity index (χ1n) is 9.90. The fourth-order valence-corrected chi connectivity index (χ4v) is 2.89. The van der Waals surface area contributed by atoms with Gasteiger partial charge in [-0.2, -0.15) is 5.26 Å². The van der Waals surface area contributed by atoms with Crippen molar-refractivity contribution >= 4 is 23.5 Å². The minimum atomic E-state index is -1.24. The Morgan fingerprint density at radius 2 is 1.69 bits per heavy atom. The molecule has 2 rings (SSSR count). The summed E-state index contributed by atoms with van der Waals surface area (Å²) >= 11 is 0. The maximum absolute atomic E-state index is 13.9. The highest BCUT2D eigenvalue weighted by molar-refractivity contribution is 5.98. The molecule has 7 nitrogen and oxygen atoms in total. The Balaban J connectivity index is 2.08. The molecule has 0 aromatic heterocycles. The predicted octanol–water partition coefficient (Wildman–Crippen LogP) is 3.21. The Morgan fingerprint density at radius 3 is 2.25 bits per heavy atom. The van der Waals surface area contributed by atoms with Crippen molar-refractivity contribution in [2.45, 2.75) is 26.3 Å². The first-order valence-corrected chi connectivity index (χ1v) is 9.90. The lowest BCUT2D eigenvalue weighted by Crippen LogP contribution is -2.47. The van der Waals surface area contributed by atoms with Crippen LogP contribution in [0.25, 0.3) is 0 Å². The van der Waals surface area contributed by atoms with E-state index in [0.717, 1.165) is 18.2 Å². The summed E-state index contributed by atoms with van der Waals surface area (Å²) in [6, 6.07) is 12.3. The minimum absolute atomic E-state index is 0.0768. The molecule has 0 radical (unpaired) electrons. The van der Waals surface area contributed by atoms with Crippen LogP contribution >= 0.6 is 0 Å². The number of rotatable bonds is 9. The van der Waals surface area contributed by atoms with Gasteiger partial charge in [0, 0.05) is 12.2 Å². The molecule has 1 atom stereocenters. The molecule has 2 aromatic rings. The summed E-state index contributed by atoms with van der Waals surface area (Å²) in [4.78, 5) is 38.8. The van der Waals surface area contributed by atoms with Gasteiger partial charge in [-0.3, -0.25) is 9.59 Å². The second kappa shape index (κ2) is 11.6. The highest BCUT2D eigenvalue weighted by atomic mass is 19.1. The van der Waals surface area contributed by atoms with Crippen LogP contribution in [-0.4, -0.2) is 37.0 Å². The summed E-state index contributed by atoms with van der Waals surface area (Å²) in [5.74, 6) is -5.21. The lowest BCUT2D eigenvalue weighted by Gasteiger charge is -2.24. The van der Waals surface area contributed by atoms with Gasteiger partial charge in [0.25, 0.3) is 11.8 Å². The molecule has 0 aliphatic carbocycles. The Labute approximate surface area is 184 Å². The van der Waals surface area contributed by atoms with E-state index in [2.05, 4.69) is 5.32 Å². The van der Waals surface area contributed by atoms with Crippen molar-refractivity contribution in [3.05, 3.63) is 65.7 Å². The fourth-order valence-electron chi connectivity index (χ4n) is 2.89. The zero-order valence-corrected chi connectivity index (χ0v) is 17.7. The van der Waals surface area contributed by atoms with Gasteiger partial charge in [0.15, 0.2) is 6.61 Å². The summed E-state index contributed by atoms with van der Waals surface area (Å²) in [5.41, 5.74) is -0.277. The number of para-hydroxylation sites is 1. The zero-order chi connectivity index (χ0) is 23.7. The van der Waals surface area contributed by atoms with Crippen LogP contribution in [-0.2, 0) is 14.3 Å². The molecule has 0 aliphatic heterocycles. The summed E-state index contributed by atoms with van der Waals surface area (Å²) in [6.45, 7) is 2.68. The van der Waals surface area contributed by atoms with Gasteiger partial charge in [0.05, 0.1) is 12.5 Å². The van der Waals surface area contributed by atoms with Crippen LogP contribution in [0.5, 0.6) is 0 Å². The van der Waals surface area contributed by atoms with E-state index in [4.69, 9.17) is 10.00 Å². The number of halogens is 2. The first kappa shape index (κ1) is 24.5. The second-order valence-electron chi connectivity index (χ2n) is 7.19. The third kappa shape index (κ3) is 6.35. The number of amides is 2. The first-order chi connectivity index (χ1) is 15.3. The molecule has 0 spiro atoms. The number of benzene rings is 2. The molecular weight excluding hydrogens is 420 g/mol. The molecule has 168 valence electrons. The van der Waals surface area contributed by atoms with E-state index < -0.39 is 53.5 Å². The molecule has 9 heteroatoms. The second-order valence-corrected chi connectivity index (χ2v) is 7.19. The number of nitrogens with one attached hydrogen (secondary N) is 1. The average molecular weight is 443 g/mol. The van der Waals surface area contributed by atoms with Gasteiger partial charge in [-0.25, -0.2) is 13.6 Å². The smallest absolute Gasteiger partial charge is 0.329 e. The number of hydrogen-bond donors (Lipinski definition) is 1. The lowest BCUT2D eigenvalue weighted by molar-refractivity contribution is -0.150. The Kier molecular flexibility index (Phi) is 8.83. The molecule has 1 N–H and O–H groups in total. The van der Waals surface area contributed by atoms with Gasteiger partial charge in [-0.15, -0.1) is 0 Å². The third-order valence-electron chi connectivity index (χ3n) is 4.55. The molecular formula is C23H23F2N3O4. The van der Waals surface area contributed by atoms with Crippen LogP contribution in [0.4, 0.5) is 14.5 Å². The van der Waals surface area contributed by atoms with Gasteiger partial charge < -0.3 is 15.0 Å². The molecule has 0 saturated heterocycles. The van der Waals surface area contributed by atoms with Crippen molar-refractivity contribution in [2.24, 2.45) is 5.92 Å². The quantitative estimate of drug-likeness (QED) is 0.600. The normalized spacial score (nSPS) is 11.4. The van der Waals surface area contributed by atoms with Gasteiger partial charge in [0.2, 0.25) is 0 Å². The third-order valence-corrected chi connectivity index (χ3v) is 4.55. The number of carbonyl (C=O) groups excluding carboxylic acids is 3. The average Bonchev–Trinajstić information content (AvgIpc) is 2.76. The zero-order valence-electron chi connectivity index (χ0n) is 17.7. The van der Waals surface area contributed by atoms with Crippen molar-refractivity contribution in [3.63, 3.8) is 0 Å². The molecule has 2 aromatic carbocycles. The van der Waals surface area contributed by atoms with Gasteiger partial charge in [0.1, 0.15) is 23.2 Å². The van der Waals surface area contributed by atoms with Crippen molar-refractivity contribution < 1.29 is 27.9 Å². The number of esters is 1. The maximum Gasteiger partial charge on any atom is 0.329 e. The topological polar surface area (TPSA) is 99.5 Å². The summed E-state index contributed by atoms with van der Waals surface area (Å²) in [6.07, 6.45) is 0.0768. The highest BCUT2D eigenvalue weighted by Crippen LogP contribution is 2.16. The molecule has 0 aliphatic rings. The molecule has 0 heterocycles. The Bertz CT molecular complexity index is 986. The van der Waals surface area contributed by atoms with Crippen molar-refractivity contribution in [2.75, 3.05) is 18.1 Å². The van der Waals surface area contributed by atoms with Crippen molar-refractivity contribution in [1.29, 1.82) is 5.26 Å². The van der Waals surface area contributed by atoms with Crippen LogP contribution < -0.4 is 10.2 Å². The number of hydrogen-bond acceptors (Lipinski definition) is 5. The predicted molar refractivity (Wildman–Crippen MR) is 112 cm³/mol. The SMILES string of the molecule is CC(C)C(NC(=O)c1c(F)cccc1F)C(=O)OCC(=O)N(CCC#N)c1ccccc1. The van der Waals surface area contributed by atoms with E-state index in [9.17, 15) is 23.2 Å². The largest absolute Gasteiger partial charge is 0.454 e. The fraction of sp³-hybridized carbons (Fsp3) is 0.304. The standard InChI is InChI=1S/C23H23F2N3O4/c1-15(2)21(27-22(30)20-17(24)10-6-11-18(20)25)23(31)32-14-19(29)28(13-7-12-26)16-8-4-3-5-9-16/h3-6,8-11,15,21H,7,13-14H2,1-2H3,(H,27,30). The van der Waals surface area contributed by atoms with Crippen LogP contribution in [0.1, 0.15) is 30.6 Å². The van der Waals surface area contributed by atoms with Gasteiger partial charge in [-0.1, -0.05) is 38.1 Å². The van der Waals surface area contributed by atoms with E-state index >= 15 is 0 Å². The Morgan fingerprint density at radius 1 is 1.06 bits per heavy atom. The summed E-state index contributed by atoms with van der Waals surface area (Å²) < 4.78 is 32.8. The van der Waals surface area contributed by atoms with Gasteiger partial charge >= 0.3 is 5.97 Å². The van der Waals surface area contributed by atoms with Crippen LogP contribution in [0.15, 0.2) is 48.5 Å². The molecule has 1 unspecified atom stereocenters. The summed E-state index contributed by atoms with van der Waals surface area (Å²) in [7, 11) is 0. The van der Waals surface area contributed by atoms with Gasteiger partial charge in [-0.05, 0) is 30.2 Å².